The lowest BCUT2D eigenvalue weighted by Crippen LogP contribution is -2.46. The predicted octanol–water partition coefficient (Wildman–Crippen LogP) is 2.18. The molecule has 1 aromatic carbocycles. The Balaban J connectivity index is 1.70. The molecule has 0 spiro atoms. The van der Waals surface area contributed by atoms with Crippen LogP contribution >= 0.6 is 0 Å². The van der Waals surface area contributed by atoms with Crippen LogP contribution in [0.4, 0.5) is 5.69 Å². The Labute approximate surface area is 126 Å². The second-order valence-corrected chi connectivity index (χ2v) is 6.51. The van der Waals surface area contributed by atoms with Gasteiger partial charge >= 0.3 is 0 Å². The number of carbonyl (C=O) groups excluding carboxylic acids is 1. The first-order valence-electron chi connectivity index (χ1n) is 7.98. The van der Waals surface area contributed by atoms with E-state index in [0.29, 0.717) is 12.1 Å². The molecule has 1 amide bonds. The number of hydrogen-bond acceptors (Lipinski definition) is 3. The SMILES string of the molecule is C[C@@H]1C[C@@H](C(=O)NC2CCN(C)CC2)c2ccccc2N1. The van der Waals surface area contributed by atoms with Crippen molar-refractivity contribution in [1.82, 2.24) is 10.2 Å². The highest BCUT2D eigenvalue weighted by Gasteiger charge is 2.31. The standard InChI is InChI=1S/C17H25N3O/c1-12-11-15(14-5-3-4-6-16(14)18-12)17(21)19-13-7-9-20(2)10-8-13/h3-6,12-13,15,18H,7-11H2,1-2H3,(H,19,21)/t12-,15-/m1/s1. The van der Waals surface area contributed by atoms with E-state index >= 15 is 0 Å². The fourth-order valence-corrected chi connectivity index (χ4v) is 3.44. The van der Waals surface area contributed by atoms with E-state index in [2.05, 4.69) is 41.6 Å². The van der Waals surface area contributed by atoms with E-state index in [0.717, 1.165) is 43.6 Å². The maximum absolute atomic E-state index is 12.7. The predicted molar refractivity (Wildman–Crippen MR) is 85.5 cm³/mol. The second kappa shape index (κ2) is 6.06. The van der Waals surface area contributed by atoms with Crippen molar-refractivity contribution in [2.75, 3.05) is 25.5 Å². The summed E-state index contributed by atoms with van der Waals surface area (Å²) in [5.74, 6) is 0.183. The third kappa shape index (κ3) is 3.21. The molecule has 2 atom stereocenters. The largest absolute Gasteiger partial charge is 0.382 e. The summed E-state index contributed by atoms with van der Waals surface area (Å²) in [6.07, 6.45) is 2.99. The van der Waals surface area contributed by atoms with E-state index in [-0.39, 0.29) is 11.8 Å². The summed E-state index contributed by atoms with van der Waals surface area (Å²) in [6, 6.07) is 8.87. The number of fused-ring (bicyclic) bond motifs is 1. The normalized spacial score (nSPS) is 26.8. The Morgan fingerprint density at radius 3 is 2.76 bits per heavy atom. The molecular weight excluding hydrogens is 262 g/mol. The summed E-state index contributed by atoms with van der Waals surface area (Å²) in [5.41, 5.74) is 2.25. The Hall–Kier alpha value is -1.55. The molecule has 21 heavy (non-hydrogen) atoms. The molecule has 1 aromatic rings. The average molecular weight is 287 g/mol. The van der Waals surface area contributed by atoms with Crippen molar-refractivity contribution < 1.29 is 4.79 Å². The number of amides is 1. The van der Waals surface area contributed by atoms with Gasteiger partial charge in [0.1, 0.15) is 0 Å². The quantitative estimate of drug-likeness (QED) is 0.876. The lowest BCUT2D eigenvalue weighted by Gasteiger charge is -2.34. The number of piperidine rings is 1. The molecule has 0 bridgehead atoms. The molecule has 2 heterocycles. The Kier molecular flexibility index (Phi) is 4.15. The van der Waals surface area contributed by atoms with E-state index < -0.39 is 0 Å². The molecule has 0 unspecified atom stereocenters. The summed E-state index contributed by atoms with van der Waals surface area (Å²) in [4.78, 5) is 15.0. The topological polar surface area (TPSA) is 44.4 Å². The highest BCUT2D eigenvalue weighted by molar-refractivity contribution is 5.86. The first-order valence-corrected chi connectivity index (χ1v) is 7.98. The van der Waals surface area contributed by atoms with E-state index in [1.54, 1.807) is 0 Å². The van der Waals surface area contributed by atoms with E-state index in [4.69, 9.17) is 0 Å². The molecule has 0 saturated carbocycles. The highest BCUT2D eigenvalue weighted by Crippen LogP contribution is 2.34. The zero-order valence-electron chi connectivity index (χ0n) is 12.9. The maximum atomic E-state index is 12.7. The molecule has 4 heteroatoms. The number of para-hydroxylation sites is 1. The molecule has 1 saturated heterocycles. The lowest BCUT2D eigenvalue weighted by atomic mass is 9.86. The van der Waals surface area contributed by atoms with E-state index in [9.17, 15) is 4.79 Å². The number of anilines is 1. The van der Waals surface area contributed by atoms with Crippen LogP contribution in [0.2, 0.25) is 0 Å². The number of carbonyl (C=O) groups is 1. The maximum Gasteiger partial charge on any atom is 0.227 e. The van der Waals surface area contributed by atoms with Gasteiger partial charge < -0.3 is 15.5 Å². The third-order valence-electron chi connectivity index (χ3n) is 4.71. The van der Waals surface area contributed by atoms with Crippen molar-refractivity contribution in [3.63, 3.8) is 0 Å². The Bertz CT molecular complexity index is 509. The van der Waals surface area contributed by atoms with Gasteiger partial charge in [-0.1, -0.05) is 18.2 Å². The molecule has 2 N–H and O–H groups in total. The van der Waals surface area contributed by atoms with Gasteiger partial charge in [-0.05, 0) is 58.0 Å². The van der Waals surface area contributed by atoms with Crippen molar-refractivity contribution in [1.29, 1.82) is 0 Å². The van der Waals surface area contributed by atoms with Crippen molar-refractivity contribution in [3.05, 3.63) is 29.8 Å². The van der Waals surface area contributed by atoms with Crippen molar-refractivity contribution in [2.45, 2.75) is 44.2 Å². The molecule has 0 aliphatic carbocycles. The minimum Gasteiger partial charge on any atom is -0.382 e. The van der Waals surface area contributed by atoms with Gasteiger partial charge in [0.25, 0.3) is 0 Å². The number of nitrogens with one attached hydrogen (secondary N) is 2. The fraction of sp³-hybridized carbons (Fsp3) is 0.588. The van der Waals surface area contributed by atoms with Gasteiger partial charge in [0, 0.05) is 17.8 Å². The van der Waals surface area contributed by atoms with Gasteiger partial charge in [0.05, 0.1) is 5.92 Å². The summed E-state index contributed by atoms with van der Waals surface area (Å²) >= 11 is 0. The lowest BCUT2D eigenvalue weighted by molar-refractivity contribution is -0.123. The van der Waals surface area contributed by atoms with Crippen LogP contribution in [0.1, 0.15) is 37.7 Å². The van der Waals surface area contributed by atoms with Gasteiger partial charge in [-0.15, -0.1) is 0 Å². The fourth-order valence-electron chi connectivity index (χ4n) is 3.44. The minimum absolute atomic E-state index is 0.0166. The van der Waals surface area contributed by atoms with Gasteiger partial charge in [0.15, 0.2) is 0 Å². The molecule has 3 rings (SSSR count). The van der Waals surface area contributed by atoms with Crippen LogP contribution in [0.3, 0.4) is 0 Å². The summed E-state index contributed by atoms with van der Waals surface area (Å²) in [5, 5.41) is 6.74. The number of hydrogen-bond donors (Lipinski definition) is 2. The van der Waals surface area contributed by atoms with Crippen molar-refractivity contribution in [3.8, 4) is 0 Å². The van der Waals surface area contributed by atoms with E-state index in [1.165, 1.54) is 0 Å². The summed E-state index contributed by atoms with van der Waals surface area (Å²) < 4.78 is 0. The van der Waals surface area contributed by atoms with Crippen LogP contribution < -0.4 is 10.6 Å². The minimum atomic E-state index is -0.0166. The molecule has 2 aliphatic heterocycles. The molecule has 4 nitrogen and oxygen atoms in total. The number of likely N-dealkylation sites (tertiary alicyclic amines) is 1. The van der Waals surface area contributed by atoms with Gasteiger partial charge in [0.2, 0.25) is 5.91 Å². The molecule has 1 fully saturated rings. The van der Waals surface area contributed by atoms with E-state index in [1.807, 2.05) is 12.1 Å². The van der Waals surface area contributed by atoms with Crippen LogP contribution in [0.15, 0.2) is 24.3 Å². The third-order valence-corrected chi connectivity index (χ3v) is 4.71. The van der Waals surface area contributed by atoms with Crippen LogP contribution in [0, 0.1) is 0 Å². The van der Waals surface area contributed by atoms with Gasteiger partial charge in [-0.25, -0.2) is 0 Å². The smallest absolute Gasteiger partial charge is 0.227 e. The van der Waals surface area contributed by atoms with Gasteiger partial charge in [-0.2, -0.15) is 0 Å². The Morgan fingerprint density at radius 2 is 2.00 bits per heavy atom. The zero-order valence-corrected chi connectivity index (χ0v) is 12.9. The molecule has 114 valence electrons. The second-order valence-electron chi connectivity index (χ2n) is 6.51. The monoisotopic (exact) mass is 287 g/mol. The molecule has 0 aromatic heterocycles. The first-order chi connectivity index (χ1) is 10.1. The van der Waals surface area contributed by atoms with Crippen molar-refractivity contribution >= 4 is 11.6 Å². The number of nitrogens with zero attached hydrogens (tertiary/aromatic N) is 1. The number of benzene rings is 1. The first kappa shape index (κ1) is 14.4. The number of rotatable bonds is 2. The zero-order chi connectivity index (χ0) is 14.8. The average Bonchev–Trinajstić information content (AvgIpc) is 2.48. The van der Waals surface area contributed by atoms with Crippen LogP contribution in [-0.2, 0) is 4.79 Å². The summed E-state index contributed by atoms with van der Waals surface area (Å²) in [7, 11) is 2.14. The summed E-state index contributed by atoms with van der Waals surface area (Å²) in [6.45, 7) is 4.29. The molecular formula is C17H25N3O. The van der Waals surface area contributed by atoms with Crippen molar-refractivity contribution in [2.24, 2.45) is 0 Å². The highest BCUT2D eigenvalue weighted by atomic mass is 16.2. The molecule has 0 radical (unpaired) electrons. The van der Waals surface area contributed by atoms with Crippen LogP contribution in [0.25, 0.3) is 0 Å². The van der Waals surface area contributed by atoms with Crippen LogP contribution in [-0.4, -0.2) is 43.0 Å². The van der Waals surface area contributed by atoms with Gasteiger partial charge in [-0.3, -0.25) is 4.79 Å². The molecule has 2 aliphatic rings. The Morgan fingerprint density at radius 1 is 1.29 bits per heavy atom. The van der Waals surface area contributed by atoms with Crippen LogP contribution in [0.5, 0.6) is 0 Å².